The van der Waals surface area contributed by atoms with Gasteiger partial charge >= 0.3 is 30.1 Å². The number of benzene rings is 1. The van der Waals surface area contributed by atoms with Crippen LogP contribution in [0, 0.1) is 41.4 Å². The van der Waals surface area contributed by atoms with E-state index in [4.69, 9.17) is 52.1 Å². The van der Waals surface area contributed by atoms with Crippen molar-refractivity contribution < 1.29 is 105 Å². The maximum absolute atomic E-state index is 17.0. The number of cyclic esters (lactones) is 2. The highest BCUT2D eigenvalue weighted by Crippen LogP contribution is 2.49. The largest absolute Gasteiger partial charge is 0.457 e. The summed E-state index contributed by atoms with van der Waals surface area (Å²) in [6.45, 7) is 28.7. The van der Waals surface area contributed by atoms with Crippen LogP contribution in [0.3, 0.4) is 0 Å². The van der Waals surface area contributed by atoms with E-state index in [-0.39, 0.29) is 87.5 Å². The molecule has 123 heavy (non-hydrogen) atoms. The van der Waals surface area contributed by atoms with Gasteiger partial charge in [0.05, 0.1) is 83.0 Å². The third kappa shape index (κ3) is 20.1. The second kappa shape index (κ2) is 40.5. The zero-order chi connectivity index (χ0) is 90.3. The Labute approximate surface area is 722 Å². The van der Waals surface area contributed by atoms with Gasteiger partial charge in [0.1, 0.15) is 35.8 Å². The normalized spacial score (nSPS) is 35.9. The summed E-state index contributed by atoms with van der Waals surface area (Å²) in [6.07, 6.45) is 0.153. The van der Waals surface area contributed by atoms with Gasteiger partial charge in [-0.15, -0.1) is 0 Å². The zero-order valence-electron chi connectivity index (χ0n) is 75.9. The fourth-order valence-electron chi connectivity index (χ4n) is 20.2. The summed E-state index contributed by atoms with van der Waals surface area (Å²) in [5.74, 6) is -11.5. The maximum atomic E-state index is 17.0. The number of ether oxygens (including phenoxy) is 11. The first-order chi connectivity index (χ1) is 58.2. The summed E-state index contributed by atoms with van der Waals surface area (Å²) in [5, 5.41) is 11.4. The van der Waals surface area contributed by atoms with Crippen molar-refractivity contribution in [1.82, 2.24) is 48.7 Å². The third-order valence-corrected chi connectivity index (χ3v) is 27.1. The highest BCUT2D eigenvalue weighted by molar-refractivity contribution is 6.08. The van der Waals surface area contributed by atoms with Crippen LogP contribution in [-0.2, 0) is 94.0 Å². The number of halogens is 1. The summed E-state index contributed by atoms with van der Waals surface area (Å²) in [5.41, 5.74) is -5.46. The molecule has 32 heteroatoms. The Bertz CT molecular complexity index is 4490. The van der Waals surface area contributed by atoms with Gasteiger partial charge in [-0.3, -0.25) is 24.0 Å². The van der Waals surface area contributed by atoms with Crippen molar-refractivity contribution >= 4 is 75.6 Å². The predicted octanol–water partition coefficient (Wildman–Crippen LogP) is 11.6. The lowest BCUT2D eigenvalue weighted by atomic mass is 9.72. The molecule has 5 aromatic rings. The lowest BCUT2D eigenvalue weighted by Crippen LogP contribution is -2.62. The number of carbonyl (C=O) groups excluding carboxylic acids is 9. The number of aryl methyl sites for hydroxylation is 2. The van der Waals surface area contributed by atoms with Crippen molar-refractivity contribution in [3.8, 4) is 0 Å². The second-order valence-corrected chi connectivity index (χ2v) is 35.9. The van der Waals surface area contributed by atoms with E-state index < -0.39 is 172 Å². The smallest absolute Gasteiger partial charge is 0.410 e. The molecule has 6 saturated heterocycles. The van der Waals surface area contributed by atoms with Gasteiger partial charge in [0.25, 0.3) is 5.67 Å². The molecule has 11 rings (SSSR count). The molecule has 2 amide bonds. The molecule has 0 bridgehead atoms. The van der Waals surface area contributed by atoms with Gasteiger partial charge in [-0.25, -0.2) is 43.5 Å². The minimum absolute atomic E-state index is 0.00343. The average Bonchev–Trinajstić information content (AvgIpc) is 1.59. The number of hydrogen-bond donors (Lipinski definition) is 1. The number of alkyl halides is 1. The standard InChI is InChI=1S/C49H69N5O11.C42H64FN5O10/c1-12-37-49(13-2)41(54(47(59)65-49)25-18-17-24-53-28-51-43-35(53)22-19-23-50-43)31(5)38(55)29(3)27-48(8,60-11)42(32(6)39(56)33(7)44(57)62-37)64-46-40(36(52(9)10)26-30(4)61-46)63-45(58)34-20-15-14-16-21-34;1-12-30-42(13-2)33(48(39(53)58-42)20-15-14-19-47-23-45-36-28(47)17-16-18-44-36)26(5)31(49)24(3)22-40(7,54-11)35(27(6)34(51)41(8,43)38(52)56-30)57-37-32(50)29(46(9)10)21-25(4)55-37/h14-16,19-23,28-33,36-37,40-42,46H,12-13,17-18,24-27H2,1-11H3;16-18,23-27,29-30,32-33,35,37,50H,12-15,19-22H2,1-11H3/t29-,30-,31+,32+,33-,36+,37-,40-,41-,42-,46?,48+,49-;24-,25-,26+,27+,29+,30-,32-,33-,35-,37?,40+,41+,42-/m11/s1. The first-order valence-electron chi connectivity index (χ1n) is 43.9. The van der Waals surface area contributed by atoms with E-state index in [0.717, 1.165) is 18.0 Å². The van der Waals surface area contributed by atoms with Crippen molar-refractivity contribution in [3.63, 3.8) is 0 Å². The number of hydrogen-bond acceptors (Lipinski definition) is 27. The molecular weight excluding hydrogens is 1590 g/mol. The molecule has 2 unspecified atom stereocenters. The van der Waals surface area contributed by atoms with Crippen LogP contribution in [0.5, 0.6) is 0 Å². The monoisotopic (exact) mass is 1720 g/mol. The third-order valence-electron chi connectivity index (χ3n) is 27.1. The van der Waals surface area contributed by atoms with Crippen molar-refractivity contribution in [2.45, 2.75) is 315 Å². The number of unbranched alkanes of at least 4 members (excludes halogenated alkanes) is 2. The molecular formula is C91H133FN10O21. The van der Waals surface area contributed by atoms with E-state index >= 15 is 9.18 Å². The highest BCUT2D eigenvalue weighted by Gasteiger charge is 2.65. The van der Waals surface area contributed by atoms with Crippen LogP contribution in [-0.4, -0.2) is 276 Å². The Morgan fingerprint density at radius 2 is 0.992 bits per heavy atom. The van der Waals surface area contributed by atoms with Crippen molar-refractivity contribution in [3.05, 3.63) is 85.2 Å². The molecule has 6 aliphatic rings. The molecule has 6 fully saturated rings. The van der Waals surface area contributed by atoms with E-state index in [9.17, 15) is 43.5 Å². The van der Waals surface area contributed by atoms with Gasteiger partial charge in [-0.2, -0.15) is 0 Å². The minimum atomic E-state index is -3.18. The van der Waals surface area contributed by atoms with E-state index in [2.05, 4.69) is 19.9 Å². The Morgan fingerprint density at radius 1 is 0.553 bits per heavy atom. The average molecular weight is 1720 g/mol. The number of imidazole rings is 2. The van der Waals surface area contributed by atoms with Crippen molar-refractivity contribution in [1.29, 1.82) is 0 Å². The number of pyridine rings is 2. The zero-order valence-corrected chi connectivity index (χ0v) is 75.9. The molecule has 0 radical (unpaired) electrons. The quantitative estimate of drug-likeness (QED) is 0.0259. The number of carbonyl (C=O) groups is 9. The first-order valence-corrected chi connectivity index (χ1v) is 43.9. The number of aliphatic hydroxyl groups is 1. The van der Waals surface area contributed by atoms with Crippen LogP contribution in [0.15, 0.2) is 79.6 Å². The number of amides is 2. The lowest BCUT2D eigenvalue weighted by Gasteiger charge is -2.48. The van der Waals surface area contributed by atoms with Gasteiger partial charge < -0.3 is 85.9 Å². The molecule has 26 atom stereocenters. The molecule has 680 valence electrons. The number of Topliss-reactive ketones (excluding diaryl/α,β-unsaturated/α-hetero) is 4. The van der Waals surface area contributed by atoms with E-state index in [1.807, 2.05) is 119 Å². The summed E-state index contributed by atoms with van der Waals surface area (Å²) in [7, 11) is 10.3. The van der Waals surface area contributed by atoms with Crippen LogP contribution in [0.1, 0.15) is 198 Å². The number of aromatic nitrogens is 6. The topological polar surface area (TPSA) is 350 Å². The van der Waals surface area contributed by atoms with Gasteiger partial charge in [-0.1, -0.05) is 87.4 Å². The number of methoxy groups -OCH3 is 2. The number of aliphatic hydroxyl groups excluding tert-OH is 1. The number of nitrogens with zero attached hydrogens (tertiary/aromatic N) is 10. The first kappa shape index (κ1) is 96.9. The Morgan fingerprint density at radius 3 is 1.45 bits per heavy atom. The summed E-state index contributed by atoms with van der Waals surface area (Å²) >= 11 is 0. The van der Waals surface area contributed by atoms with Crippen LogP contribution >= 0.6 is 0 Å². The molecule has 1 aromatic carbocycles. The van der Waals surface area contributed by atoms with Crippen LogP contribution in [0.25, 0.3) is 22.3 Å². The van der Waals surface area contributed by atoms with Gasteiger partial charge in [0, 0.05) is 94.3 Å². The number of likely N-dealkylation sites (N-methyl/N-ethyl adjacent to an activating group) is 2. The fraction of sp³-hybridized carbons (Fsp3) is 0.703. The van der Waals surface area contributed by atoms with Gasteiger partial charge in [0.2, 0.25) is 0 Å². The fourth-order valence-corrected chi connectivity index (χ4v) is 20.2. The Balaban J connectivity index is 0.000000259. The lowest BCUT2D eigenvalue weighted by molar-refractivity contribution is -0.295. The van der Waals surface area contributed by atoms with E-state index in [1.165, 1.54) is 28.1 Å². The summed E-state index contributed by atoms with van der Waals surface area (Å²) in [6, 6.07) is 13.8. The molecule has 0 saturated carbocycles. The maximum Gasteiger partial charge on any atom is 0.410 e. The van der Waals surface area contributed by atoms with E-state index in [0.29, 0.717) is 68.5 Å². The molecule has 4 aromatic heterocycles. The predicted molar refractivity (Wildman–Crippen MR) is 452 cm³/mol. The molecule has 31 nitrogen and oxygen atoms in total. The summed E-state index contributed by atoms with van der Waals surface area (Å²) < 4.78 is 90.4. The number of rotatable bonds is 24. The summed E-state index contributed by atoms with van der Waals surface area (Å²) in [4.78, 5) is 153. The number of fused-ring (bicyclic) bond motifs is 4. The SMILES string of the molecule is CC[C@H]1OC(=O)[C@@](C)(F)C(=O)[C@H](C)[C@@H](OC2O[C@H](C)C[C@H](N(C)C)[C@H]2O)[C@@](C)(OC)C[C@@H](C)C(=O)[C@H](C)[C@H]2N(CCCCn3cnc4ncccc43)C(=O)O[C@]12CC.CC[C@H]1OC(=O)[C@H](C)C(=O)[C@H](C)[C@@H](OC2O[C@H](C)C[C@H](N(C)C)[C@H]2OC(=O)c2ccccc2)[C@@](C)(OC)C[C@@H](C)C(=O)[C@H](C)[C@H]2N(CCCCn3cnc4ncccc43)C(=O)O[C@]12CC. The number of esters is 3. The van der Waals surface area contributed by atoms with E-state index in [1.54, 1.807) is 108 Å². The van der Waals surface area contributed by atoms with Crippen LogP contribution in [0.2, 0.25) is 0 Å². The molecule has 0 aliphatic carbocycles. The minimum Gasteiger partial charge on any atom is -0.457 e. The Kier molecular flexibility index (Phi) is 31.9. The van der Waals surface area contributed by atoms with Crippen molar-refractivity contribution in [2.24, 2.45) is 41.4 Å². The molecule has 1 N–H and O–H groups in total. The molecule has 6 aliphatic heterocycles. The number of ketones is 4. The van der Waals surface area contributed by atoms with Gasteiger partial charge in [-0.05, 0) is 183 Å². The van der Waals surface area contributed by atoms with Crippen LogP contribution in [0.4, 0.5) is 14.0 Å². The molecule has 0 spiro atoms. The molecule has 10 heterocycles. The second-order valence-electron chi connectivity index (χ2n) is 35.9. The van der Waals surface area contributed by atoms with Gasteiger partial charge in [0.15, 0.2) is 52.7 Å². The Hall–Kier alpha value is -8.34. The highest BCUT2D eigenvalue weighted by atomic mass is 19.1. The van der Waals surface area contributed by atoms with Crippen molar-refractivity contribution in [2.75, 3.05) is 55.5 Å². The van der Waals surface area contributed by atoms with Crippen LogP contribution < -0.4 is 0 Å².